The van der Waals surface area contributed by atoms with Crippen molar-refractivity contribution in [3.63, 3.8) is 0 Å². The maximum absolute atomic E-state index is 12.8. The summed E-state index contributed by atoms with van der Waals surface area (Å²) in [4.78, 5) is 35.8. The monoisotopic (exact) mass is 933 g/mol. The molecule has 1 fully saturated rings. The van der Waals surface area contributed by atoms with Crippen molar-refractivity contribution in [3.8, 4) is 0 Å². The lowest BCUT2D eigenvalue weighted by molar-refractivity contribution is -0.220. The van der Waals surface area contributed by atoms with Crippen molar-refractivity contribution in [2.75, 3.05) is 13.2 Å². The van der Waals surface area contributed by atoms with Gasteiger partial charge in [-0.15, -0.1) is 0 Å². The summed E-state index contributed by atoms with van der Waals surface area (Å²) in [7, 11) is -5.12. The van der Waals surface area contributed by atoms with E-state index in [1.807, 2.05) is 0 Å². The molecule has 64 heavy (non-hydrogen) atoms. The summed E-state index contributed by atoms with van der Waals surface area (Å²) < 4.78 is 33.6. The number of carbonyl (C=O) groups excluding carboxylic acids is 2. The van der Waals surface area contributed by atoms with E-state index in [-0.39, 0.29) is 12.8 Å². The molecule has 0 saturated heterocycles. The predicted octanol–water partition coefficient (Wildman–Crippen LogP) is 10.8. The van der Waals surface area contributed by atoms with Crippen LogP contribution in [0.1, 0.15) is 226 Å². The van der Waals surface area contributed by atoms with E-state index >= 15 is 0 Å². The summed E-state index contributed by atoms with van der Waals surface area (Å²) in [5, 5.41) is 50.2. The Labute approximate surface area is 387 Å². The minimum absolute atomic E-state index is 0.0835. The smallest absolute Gasteiger partial charge is 0.462 e. The summed E-state index contributed by atoms with van der Waals surface area (Å²) in [6.07, 6.45) is 32.3. The number of phosphoric acid groups is 1. The Kier molecular flexibility index (Phi) is 38.1. The van der Waals surface area contributed by atoms with Gasteiger partial charge in [0.2, 0.25) is 0 Å². The lowest BCUT2D eigenvalue weighted by atomic mass is 9.85. The Morgan fingerprint density at radius 3 is 1.30 bits per heavy atom. The average molecular weight is 933 g/mol. The fraction of sp³-hybridized carbons (Fsp3) is 0.880. The zero-order valence-corrected chi connectivity index (χ0v) is 41.0. The van der Waals surface area contributed by atoms with Gasteiger partial charge in [0.05, 0.1) is 6.61 Å². The number of allylic oxidation sites excluding steroid dienone is 4. The van der Waals surface area contributed by atoms with E-state index in [9.17, 15) is 44.6 Å². The van der Waals surface area contributed by atoms with E-state index < -0.39 is 75.7 Å². The minimum atomic E-state index is -5.12. The van der Waals surface area contributed by atoms with Gasteiger partial charge in [-0.25, -0.2) is 4.57 Å². The SMILES string of the molecule is CCCCC/C=C\C/C=C\CCCCCCCC(=O)OC(COC(=O)CCCCCCCCCCCCCCCCCCCCCC)COP(=O)(O)OC1C(O)C(O)C(O)C(O)C1O. The molecule has 1 rings (SSSR count). The van der Waals surface area contributed by atoms with Gasteiger partial charge in [0, 0.05) is 12.8 Å². The lowest BCUT2D eigenvalue weighted by Gasteiger charge is -2.41. The van der Waals surface area contributed by atoms with Gasteiger partial charge < -0.3 is 39.9 Å². The van der Waals surface area contributed by atoms with Crippen LogP contribution in [0.25, 0.3) is 0 Å². The molecule has 0 spiro atoms. The number of rotatable bonds is 43. The molecule has 14 heteroatoms. The molecule has 0 heterocycles. The Balaban J connectivity index is 2.38. The molecule has 0 aromatic rings. The highest BCUT2D eigenvalue weighted by Gasteiger charge is 2.51. The number of hydrogen-bond donors (Lipinski definition) is 6. The summed E-state index contributed by atoms with van der Waals surface area (Å²) in [6.45, 7) is 3.29. The Hall–Kier alpha value is -1.67. The van der Waals surface area contributed by atoms with E-state index in [1.54, 1.807) is 0 Å². The first kappa shape index (κ1) is 60.3. The lowest BCUT2D eigenvalue weighted by Crippen LogP contribution is -2.64. The summed E-state index contributed by atoms with van der Waals surface area (Å²) >= 11 is 0. The van der Waals surface area contributed by atoms with Gasteiger partial charge in [-0.2, -0.15) is 0 Å². The van der Waals surface area contributed by atoms with Crippen molar-refractivity contribution in [2.45, 2.75) is 268 Å². The molecule has 0 aliphatic heterocycles. The van der Waals surface area contributed by atoms with E-state index in [0.29, 0.717) is 12.8 Å². The van der Waals surface area contributed by atoms with E-state index in [2.05, 4.69) is 38.2 Å². The number of aliphatic hydroxyl groups excluding tert-OH is 5. The van der Waals surface area contributed by atoms with Crippen molar-refractivity contribution < 1.29 is 63.1 Å². The highest BCUT2D eigenvalue weighted by atomic mass is 31.2. The van der Waals surface area contributed by atoms with Crippen LogP contribution >= 0.6 is 7.82 Å². The maximum Gasteiger partial charge on any atom is 0.472 e. The molecule has 376 valence electrons. The molecule has 1 aliphatic carbocycles. The second-order valence-electron chi connectivity index (χ2n) is 18.0. The molecule has 0 aromatic carbocycles. The Morgan fingerprint density at radius 1 is 0.484 bits per heavy atom. The summed E-state index contributed by atoms with van der Waals surface area (Å²) in [5.41, 5.74) is 0. The van der Waals surface area contributed by atoms with Gasteiger partial charge in [0.15, 0.2) is 6.10 Å². The number of unbranched alkanes of at least 4 members (excludes halogenated alkanes) is 27. The minimum Gasteiger partial charge on any atom is -0.462 e. The highest BCUT2D eigenvalue weighted by molar-refractivity contribution is 7.47. The number of hydrogen-bond acceptors (Lipinski definition) is 12. The second kappa shape index (κ2) is 40.4. The molecule has 0 bridgehead atoms. The fourth-order valence-corrected chi connectivity index (χ4v) is 8.88. The van der Waals surface area contributed by atoms with Gasteiger partial charge >= 0.3 is 19.8 Å². The van der Waals surface area contributed by atoms with Gasteiger partial charge in [-0.3, -0.25) is 18.6 Å². The van der Waals surface area contributed by atoms with Crippen LogP contribution in [0.2, 0.25) is 0 Å². The van der Waals surface area contributed by atoms with Crippen molar-refractivity contribution in [1.29, 1.82) is 0 Å². The zero-order valence-electron chi connectivity index (χ0n) is 40.1. The largest absolute Gasteiger partial charge is 0.472 e. The molecule has 0 aromatic heterocycles. The average Bonchev–Trinajstić information content (AvgIpc) is 3.28. The number of carbonyl (C=O) groups is 2. The first-order chi connectivity index (χ1) is 30.9. The molecule has 6 N–H and O–H groups in total. The van der Waals surface area contributed by atoms with Crippen molar-refractivity contribution in [3.05, 3.63) is 24.3 Å². The summed E-state index contributed by atoms with van der Waals surface area (Å²) in [6, 6.07) is 0. The van der Waals surface area contributed by atoms with Crippen LogP contribution in [0.4, 0.5) is 0 Å². The predicted molar refractivity (Wildman–Crippen MR) is 254 cm³/mol. The van der Waals surface area contributed by atoms with Crippen LogP contribution in [-0.4, -0.2) is 98.3 Å². The normalized spacial score (nSPS) is 21.7. The highest BCUT2D eigenvalue weighted by Crippen LogP contribution is 2.47. The van der Waals surface area contributed by atoms with Crippen LogP contribution in [0, 0.1) is 0 Å². The third kappa shape index (κ3) is 32.1. The topological polar surface area (TPSA) is 210 Å². The van der Waals surface area contributed by atoms with Gasteiger partial charge in [0.25, 0.3) is 0 Å². The second-order valence-corrected chi connectivity index (χ2v) is 19.4. The van der Waals surface area contributed by atoms with Gasteiger partial charge in [-0.05, 0) is 44.9 Å². The molecule has 13 nitrogen and oxygen atoms in total. The van der Waals surface area contributed by atoms with Crippen LogP contribution < -0.4 is 0 Å². The van der Waals surface area contributed by atoms with Crippen molar-refractivity contribution in [2.24, 2.45) is 0 Å². The number of aliphatic hydroxyl groups is 5. The molecule has 1 aliphatic rings. The number of phosphoric ester groups is 1. The first-order valence-corrected chi connectivity index (χ1v) is 27.1. The molecule has 1 saturated carbocycles. The Bertz CT molecular complexity index is 1220. The van der Waals surface area contributed by atoms with Gasteiger partial charge in [0.1, 0.15) is 43.2 Å². The van der Waals surface area contributed by atoms with Gasteiger partial charge in [-0.1, -0.05) is 192 Å². The molecular formula is C50H93O13P. The van der Waals surface area contributed by atoms with E-state index in [1.165, 1.54) is 122 Å². The molecular weight excluding hydrogens is 840 g/mol. The van der Waals surface area contributed by atoms with Crippen LogP contribution in [0.5, 0.6) is 0 Å². The number of esters is 2. The van der Waals surface area contributed by atoms with E-state index in [0.717, 1.165) is 64.2 Å². The van der Waals surface area contributed by atoms with Crippen molar-refractivity contribution in [1.82, 2.24) is 0 Å². The third-order valence-corrected chi connectivity index (χ3v) is 13.0. The van der Waals surface area contributed by atoms with E-state index in [4.69, 9.17) is 18.5 Å². The third-order valence-electron chi connectivity index (χ3n) is 12.0. The molecule has 0 radical (unpaired) electrons. The van der Waals surface area contributed by atoms with Crippen LogP contribution in [0.15, 0.2) is 24.3 Å². The quantitative estimate of drug-likeness (QED) is 0.0146. The van der Waals surface area contributed by atoms with Crippen molar-refractivity contribution >= 4 is 19.8 Å². The Morgan fingerprint density at radius 2 is 0.844 bits per heavy atom. The zero-order chi connectivity index (χ0) is 47.1. The van der Waals surface area contributed by atoms with Crippen LogP contribution in [-0.2, 0) is 32.7 Å². The standard InChI is InChI=1S/C50H93O13P/c1-3-5-7-9-11-13-15-17-19-20-21-22-23-25-26-28-30-32-34-36-38-43(51)60-40-42(41-61-64(58,59)63-50-48(56)46(54)45(53)47(55)49(50)57)62-44(52)39-37-35-33-31-29-27-24-18-16-14-12-10-8-6-4-2/h12,14,18,24,42,45-50,53-57H,3-11,13,15-17,19-23,25-41H2,1-2H3,(H,58,59)/b14-12-,24-18-. The summed E-state index contributed by atoms with van der Waals surface area (Å²) in [5.74, 6) is -1.10. The van der Waals surface area contributed by atoms with Crippen LogP contribution in [0.3, 0.4) is 0 Å². The molecule has 6 unspecified atom stereocenters. The first-order valence-electron chi connectivity index (χ1n) is 25.6. The molecule has 0 amide bonds. The fourth-order valence-electron chi connectivity index (χ4n) is 7.91. The number of ether oxygens (including phenoxy) is 2. The maximum atomic E-state index is 12.8. The molecule has 6 atom stereocenters.